The number of aromatic nitrogens is 1. The molecule has 0 unspecified atom stereocenters. The van der Waals surface area contributed by atoms with Gasteiger partial charge in [0.25, 0.3) is 5.56 Å². The minimum absolute atomic E-state index is 0.0128. The second-order valence-corrected chi connectivity index (χ2v) is 6.09. The lowest BCUT2D eigenvalue weighted by Gasteiger charge is -2.16. The zero-order valence-corrected chi connectivity index (χ0v) is 13.2. The molecule has 1 aliphatic rings. The van der Waals surface area contributed by atoms with Crippen LogP contribution in [0.2, 0.25) is 0 Å². The van der Waals surface area contributed by atoms with Crippen molar-refractivity contribution in [2.75, 3.05) is 6.54 Å². The van der Waals surface area contributed by atoms with Crippen molar-refractivity contribution in [1.29, 1.82) is 0 Å². The second-order valence-electron chi connectivity index (χ2n) is 6.09. The van der Waals surface area contributed by atoms with Crippen LogP contribution < -0.4 is 10.9 Å². The highest BCUT2D eigenvalue weighted by Gasteiger charge is 2.11. The summed E-state index contributed by atoms with van der Waals surface area (Å²) in [6.45, 7) is 3.69. The van der Waals surface area contributed by atoms with E-state index < -0.39 is 0 Å². The van der Waals surface area contributed by atoms with Gasteiger partial charge in [0, 0.05) is 17.8 Å². The van der Waals surface area contributed by atoms with Gasteiger partial charge in [-0.15, -0.1) is 0 Å². The molecule has 22 heavy (non-hydrogen) atoms. The average molecular weight is 296 g/mol. The Balaban J connectivity index is 1.83. The number of hydrogen-bond donors (Lipinski definition) is 2. The summed E-state index contributed by atoms with van der Waals surface area (Å²) in [7, 11) is 0. The largest absolute Gasteiger partial charge is 0.322 e. The average Bonchev–Trinajstić information content (AvgIpc) is 2.56. The van der Waals surface area contributed by atoms with Gasteiger partial charge < -0.3 is 10.3 Å². The first-order valence-corrected chi connectivity index (χ1v) is 8.33. The Morgan fingerprint density at radius 2 is 1.91 bits per heavy atom. The summed E-state index contributed by atoms with van der Waals surface area (Å²) in [6.07, 6.45) is 5.99. The minimum atomic E-state index is 0.0128. The number of H-pyrrole nitrogens is 1. The van der Waals surface area contributed by atoms with Crippen molar-refractivity contribution < 1.29 is 0 Å². The zero-order chi connectivity index (χ0) is 15.4. The maximum absolute atomic E-state index is 12.2. The predicted octanol–water partition coefficient (Wildman–Crippen LogP) is 3.42. The summed E-state index contributed by atoms with van der Waals surface area (Å²) in [5.74, 6) is 0. The second kappa shape index (κ2) is 6.93. The van der Waals surface area contributed by atoms with Crippen LogP contribution in [0.3, 0.4) is 0 Å². The van der Waals surface area contributed by atoms with E-state index in [4.69, 9.17) is 0 Å². The third-order valence-corrected chi connectivity index (χ3v) is 4.39. The van der Waals surface area contributed by atoms with E-state index in [1.807, 2.05) is 12.1 Å². The maximum Gasteiger partial charge on any atom is 0.252 e. The number of aromatic amines is 1. The highest BCUT2D eigenvalue weighted by Crippen LogP contribution is 2.26. The molecule has 0 bridgehead atoms. The summed E-state index contributed by atoms with van der Waals surface area (Å²) >= 11 is 0. The SMILES string of the molecule is CCCNCc1ccc(-c2ccc3c(c2)CCCC3)[nH]c1=O. The van der Waals surface area contributed by atoms with E-state index in [1.165, 1.54) is 30.4 Å². The quantitative estimate of drug-likeness (QED) is 0.830. The Hall–Kier alpha value is -1.87. The molecule has 3 nitrogen and oxygen atoms in total. The van der Waals surface area contributed by atoms with Crippen molar-refractivity contribution in [3.05, 3.63) is 57.4 Å². The van der Waals surface area contributed by atoms with Crippen molar-refractivity contribution in [3.8, 4) is 11.3 Å². The van der Waals surface area contributed by atoms with Crippen LogP contribution in [0.5, 0.6) is 0 Å². The van der Waals surface area contributed by atoms with Gasteiger partial charge in [-0.2, -0.15) is 0 Å². The Bertz CT molecular complexity index is 703. The van der Waals surface area contributed by atoms with Crippen LogP contribution in [0.25, 0.3) is 11.3 Å². The molecular formula is C19H24N2O. The number of hydrogen-bond acceptors (Lipinski definition) is 2. The van der Waals surface area contributed by atoms with Gasteiger partial charge in [0.1, 0.15) is 0 Å². The number of benzene rings is 1. The van der Waals surface area contributed by atoms with Gasteiger partial charge in [-0.25, -0.2) is 0 Å². The fourth-order valence-electron chi connectivity index (χ4n) is 3.11. The third kappa shape index (κ3) is 3.30. The van der Waals surface area contributed by atoms with Gasteiger partial charge in [0.05, 0.1) is 0 Å². The van der Waals surface area contributed by atoms with E-state index >= 15 is 0 Å². The Morgan fingerprint density at radius 1 is 1.09 bits per heavy atom. The van der Waals surface area contributed by atoms with Crippen molar-refractivity contribution in [2.45, 2.75) is 45.6 Å². The molecule has 2 N–H and O–H groups in total. The van der Waals surface area contributed by atoms with E-state index in [0.717, 1.165) is 36.2 Å². The molecule has 1 heterocycles. The molecule has 3 heteroatoms. The van der Waals surface area contributed by atoms with Crippen LogP contribution in [-0.2, 0) is 19.4 Å². The molecule has 0 aliphatic heterocycles. The topological polar surface area (TPSA) is 44.9 Å². The standard InChI is InChI=1S/C19H24N2O/c1-2-11-20-13-17-9-10-18(21-19(17)22)16-8-7-14-5-3-4-6-15(14)12-16/h7-10,12,20H,2-6,11,13H2,1H3,(H,21,22). The third-order valence-electron chi connectivity index (χ3n) is 4.39. The normalized spacial score (nSPS) is 13.9. The molecular weight excluding hydrogens is 272 g/mol. The number of fused-ring (bicyclic) bond motifs is 1. The van der Waals surface area contributed by atoms with Gasteiger partial charge >= 0.3 is 0 Å². The van der Waals surface area contributed by atoms with Crippen LogP contribution >= 0.6 is 0 Å². The van der Waals surface area contributed by atoms with Crippen LogP contribution in [0.1, 0.15) is 42.9 Å². The first-order chi connectivity index (χ1) is 10.8. The van der Waals surface area contributed by atoms with Gasteiger partial charge in [0.2, 0.25) is 0 Å². The molecule has 1 aromatic heterocycles. The lowest BCUT2D eigenvalue weighted by Crippen LogP contribution is -2.21. The van der Waals surface area contributed by atoms with Crippen molar-refractivity contribution >= 4 is 0 Å². The van der Waals surface area contributed by atoms with E-state index in [9.17, 15) is 4.79 Å². The van der Waals surface area contributed by atoms with Crippen LogP contribution in [0.4, 0.5) is 0 Å². The molecule has 1 aliphatic carbocycles. The first kappa shape index (κ1) is 15.0. The monoisotopic (exact) mass is 296 g/mol. The summed E-state index contributed by atoms with van der Waals surface area (Å²) in [5, 5.41) is 3.27. The molecule has 2 aromatic rings. The summed E-state index contributed by atoms with van der Waals surface area (Å²) in [6, 6.07) is 10.6. The molecule has 116 valence electrons. The van der Waals surface area contributed by atoms with Gasteiger partial charge in [-0.3, -0.25) is 4.79 Å². The number of aryl methyl sites for hydroxylation is 2. The van der Waals surface area contributed by atoms with Crippen LogP contribution in [-0.4, -0.2) is 11.5 Å². The summed E-state index contributed by atoms with van der Waals surface area (Å²) in [4.78, 5) is 15.2. The minimum Gasteiger partial charge on any atom is -0.322 e. The molecule has 0 saturated heterocycles. The van der Waals surface area contributed by atoms with Gasteiger partial charge in [-0.05, 0) is 67.5 Å². The van der Waals surface area contributed by atoms with E-state index in [0.29, 0.717) is 6.54 Å². The lowest BCUT2D eigenvalue weighted by atomic mass is 9.90. The fraction of sp³-hybridized carbons (Fsp3) is 0.421. The molecule has 0 saturated carbocycles. The van der Waals surface area contributed by atoms with E-state index in [2.05, 4.69) is 35.4 Å². The van der Waals surface area contributed by atoms with Crippen LogP contribution in [0.15, 0.2) is 35.1 Å². The van der Waals surface area contributed by atoms with E-state index in [1.54, 1.807) is 0 Å². The molecule has 0 radical (unpaired) electrons. The fourth-order valence-corrected chi connectivity index (χ4v) is 3.11. The van der Waals surface area contributed by atoms with Crippen LogP contribution in [0, 0.1) is 0 Å². The Morgan fingerprint density at radius 3 is 2.68 bits per heavy atom. The van der Waals surface area contributed by atoms with Gasteiger partial charge in [0.15, 0.2) is 0 Å². The molecule has 0 amide bonds. The Kier molecular flexibility index (Phi) is 4.74. The molecule has 0 atom stereocenters. The highest BCUT2D eigenvalue weighted by atomic mass is 16.1. The van der Waals surface area contributed by atoms with Crippen molar-refractivity contribution in [3.63, 3.8) is 0 Å². The number of pyridine rings is 1. The summed E-state index contributed by atoms with van der Waals surface area (Å²) < 4.78 is 0. The number of rotatable bonds is 5. The van der Waals surface area contributed by atoms with Crippen molar-refractivity contribution in [2.24, 2.45) is 0 Å². The van der Waals surface area contributed by atoms with Crippen molar-refractivity contribution in [1.82, 2.24) is 10.3 Å². The number of nitrogens with one attached hydrogen (secondary N) is 2. The highest BCUT2D eigenvalue weighted by molar-refractivity contribution is 5.61. The maximum atomic E-state index is 12.2. The smallest absolute Gasteiger partial charge is 0.252 e. The predicted molar refractivity (Wildman–Crippen MR) is 91.1 cm³/mol. The lowest BCUT2D eigenvalue weighted by molar-refractivity contribution is 0.671. The molecule has 0 fully saturated rings. The molecule has 1 aromatic carbocycles. The zero-order valence-electron chi connectivity index (χ0n) is 13.2. The summed E-state index contributed by atoms with van der Waals surface area (Å²) in [5.41, 5.74) is 5.76. The first-order valence-electron chi connectivity index (χ1n) is 8.33. The van der Waals surface area contributed by atoms with E-state index in [-0.39, 0.29) is 5.56 Å². The van der Waals surface area contributed by atoms with Gasteiger partial charge in [-0.1, -0.05) is 25.1 Å². The molecule has 3 rings (SSSR count). The molecule has 0 spiro atoms. The Labute approximate surface area is 131 Å².